The molecule has 1 unspecified atom stereocenters. The molecule has 76 valence electrons. The highest BCUT2D eigenvalue weighted by molar-refractivity contribution is 7.10. The van der Waals surface area contributed by atoms with E-state index in [4.69, 9.17) is 10.5 Å². The number of carbonyl (C=O) groups is 1. The van der Waals surface area contributed by atoms with Gasteiger partial charge in [-0.3, -0.25) is 4.79 Å². The molecule has 3 nitrogen and oxygen atoms in total. The number of carbonyl (C=O) groups excluding carboxylic acids is 1. The Hall–Kier alpha value is -0.710. The van der Waals surface area contributed by atoms with Gasteiger partial charge in [0.2, 0.25) is 0 Å². The molecule has 2 N–H and O–H groups in total. The Morgan fingerprint density at radius 3 is 3.14 bits per heavy atom. The highest BCUT2D eigenvalue weighted by atomic mass is 32.1. The van der Waals surface area contributed by atoms with Crippen LogP contribution in [0.15, 0.2) is 17.5 Å². The van der Waals surface area contributed by atoms with Gasteiger partial charge in [0.25, 0.3) is 0 Å². The smallest absolute Gasteiger partial charge is 0.160 e. The minimum Gasteiger partial charge on any atom is -0.379 e. The SMILES string of the molecule is NC1(C(=O)Cc2cccs2)CCOC1. The lowest BCUT2D eigenvalue weighted by Crippen LogP contribution is -2.49. The van der Waals surface area contributed by atoms with Gasteiger partial charge in [0.05, 0.1) is 6.61 Å². The van der Waals surface area contributed by atoms with E-state index in [-0.39, 0.29) is 5.78 Å². The number of hydrogen-bond donors (Lipinski definition) is 1. The second-order valence-electron chi connectivity index (χ2n) is 3.64. The van der Waals surface area contributed by atoms with Gasteiger partial charge in [-0.1, -0.05) is 6.07 Å². The van der Waals surface area contributed by atoms with Crippen molar-refractivity contribution in [1.82, 2.24) is 0 Å². The van der Waals surface area contributed by atoms with Gasteiger partial charge in [-0.2, -0.15) is 0 Å². The first-order chi connectivity index (χ1) is 6.71. The quantitative estimate of drug-likeness (QED) is 0.810. The predicted molar refractivity (Wildman–Crippen MR) is 55.4 cm³/mol. The third-order valence-electron chi connectivity index (χ3n) is 2.52. The van der Waals surface area contributed by atoms with Crippen molar-refractivity contribution in [2.45, 2.75) is 18.4 Å². The maximum Gasteiger partial charge on any atom is 0.160 e. The highest BCUT2D eigenvalue weighted by Crippen LogP contribution is 2.20. The average molecular weight is 211 g/mol. The van der Waals surface area contributed by atoms with E-state index >= 15 is 0 Å². The Morgan fingerprint density at radius 2 is 2.57 bits per heavy atom. The Labute approximate surface area is 86.9 Å². The van der Waals surface area contributed by atoms with Crippen molar-refractivity contribution >= 4 is 17.1 Å². The van der Waals surface area contributed by atoms with E-state index in [2.05, 4.69) is 0 Å². The van der Waals surface area contributed by atoms with Crippen LogP contribution in [0, 0.1) is 0 Å². The van der Waals surface area contributed by atoms with Gasteiger partial charge < -0.3 is 10.5 Å². The summed E-state index contributed by atoms with van der Waals surface area (Å²) in [5.74, 6) is 0.0949. The zero-order valence-corrected chi connectivity index (χ0v) is 8.68. The molecule has 1 saturated heterocycles. The number of rotatable bonds is 3. The summed E-state index contributed by atoms with van der Waals surface area (Å²) in [6, 6.07) is 3.91. The van der Waals surface area contributed by atoms with Crippen molar-refractivity contribution in [3.8, 4) is 0 Å². The molecule has 2 heterocycles. The van der Waals surface area contributed by atoms with Crippen LogP contribution < -0.4 is 5.73 Å². The number of nitrogens with two attached hydrogens (primary N) is 1. The normalized spacial score (nSPS) is 26.6. The van der Waals surface area contributed by atoms with E-state index < -0.39 is 5.54 Å². The van der Waals surface area contributed by atoms with Gasteiger partial charge >= 0.3 is 0 Å². The molecular weight excluding hydrogens is 198 g/mol. The van der Waals surface area contributed by atoms with Crippen LogP contribution in [0.1, 0.15) is 11.3 Å². The Kier molecular flexibility index (Phi) is 2.67. The lowest BCUT2D eigenvalue weighted by molar-refractivity contribution is -0.123. The molecule has 1 aromatic rings. The van der Waals surface area contributed by atoms with Crippen molar-refractivity contribution in [2.24, 2.45) is 5.73 Å². The van der Waals surface area contributed by atoms with Gasteiger partial charge in [-0.15, -0.1) is 11.3 Å². The standard InChI is InChI=1S/C10H13NO2S/c11-10(3-4-13-7-10)9(12)6-8-2-1-5-14-8/h1-2,5H,3-4,6-7,11H2. The fourth-order valence-electron chi connectivity index (χ4n) is 1.55. The molecule has 0 amide bonds. The van der Waals surface area contributed by atoms with Gasteiger partial charge in [-0.25, -0.2) is 0 Å². The number of Topliss-reactive ketones (excluding diaryl/α,β-unsaturated/α-hetero) is 1. The number of hydrogen-bond acceptors (Lipinski definition) is 4. The van der Waals surface area contributed by atoms with Crippen LogP contribution in [-0.2, 0) is 16.0 Å². The monoisotopic (exact) mass is 211 g/mol. The van der Waals surface area contributed by atoms with Crippen LogP contribution in [0.5, 0.6) is 0 Å². The Morgan fingerprint density at radius 1 is 1.71 bits per heavy atom. The minimum atomic E-state index is -0.732. The maximum absolute atomic E-state index is 11.8. The molecule has 0 saturated carbocycles. The van der Waals surface area contributed by atoms with Gasteiger partial charge in [-0.05, 0) is 17.9 Å². The van der Waals surface area contributed by atoms with Crippen LogP contribution in [0.2, 0.25) is 0 Å². The zero-order valence-electron chi connectivity index (χ0n) is 7.86. The second-order valence-corrected chi connectivity index (χ2v) is 4.67. The summed E-state index contributed by atoms with van der Waals surface area (Å²) in [5.41, 5.74) is 5.22. The van der Waals surface area contributed by atoms with E-state index in [1.165, 1.54) is 0 Å². The summed E-state index contributed by atoms with van der Waals surface area (Å²) in [6.07, 6.45) is 1.09. The lowest BCUT2D eigenvalue weighted by Gasteiger charge is -2.19. The summed E-state index contributed by atoms with van der Waals surface area (Å²) in [7, 11) is 0. The molecule has 1 atom stereocenters. The summed E-state index contributed by atoms with van der Waals surface area (Å²) >= 11 is 1.59. The number of ketones is 1. The van der Waals surface area contributed by atoms with Gasteiger partial charge in [0.1, 0.15) is 5.54 Å². The van der Waals surface area contributed by atoms with E-state index in [0.29, 0.717) is 26.1 Å². The van der Waals surface area contributed by atoms with E-state index in [1.807, 2.05) is 17.5 Å². The first-order valence-electron chi connectivity index (χ1n) is 4.63. The molecule has 0 radical (unpaired) electrons. The highest BCUT2D eigenvalue weighted by Gasteiger charge is 2.37. The molecule has 2 rings (SSSR count). The largest absolute Gasteiger partial charge is 0.379 e. The average Bonchev–Trinajstić information content (AvgIpc) is 2.76. The van der Waals surface area contributed by atoms with Gasteiger partial charge in [0.15, 0.2) is 5.78 Å². The van der Waals surface area contributed by atoms with Crippen LogP contribution in [0.25, 0.3) is 0 Å². The fourth-order valence-corrected chi connectivity index (χ4v) is 2.25. The molecule has 0 bridgehead atoms. The fraction of sp³-hybridized carbons (Fsp3) is 0.500. The van der Waals surface area contributed by atoms with E-state index in [9.17, 15) is 4.79 Å². The van der Waals surface area contributed by atoms with Crippen molar-refractivity contribution in [3.05, 3.63) is 22.4 Å². The first kappa shape index (κ1) is 9.83. The molecule has 4 heteroatoms. The van der Waals surface area contributed by atoms with Crippen molar-refractivity contribution < 1.29 is 9.53 Å². The third-order valence-corrected chi connectivity index (χ3v) is 3.40. The summed E-state index contributed by atoms with van der Waals surface area (Å²) < 4.78 is 5.16. The molecule has 1 fully saturated rings. The van der Waals surface area contributed by atoms with Crippen molar-refractivity contribution in [2.75, 3.05) is 13.2 Å². The molecule has 0 spiro atoms. The molecule has 0 aliphatic carbocycles. The van der Waals surface area contributed by atoms with Crippen LogP contribution in [0.3, 0.4) is 0 Å². The van der Waals surface area contributed by atoms with Crippen LogP contribution in [-0.4, -0.2) is 24.5 Å². The Balaban J connectivity index is 2.02. The molecule has 1 aliphatic rings. The third kappa shape index (κ3) is 1.87. The molecule has 1 aliphatic heterocycles. The Bertz CT molecular complexity index is 315. The molecule has 14 heavy (non-hydrogen) atoms. The first-order valence-corrected chi connectivity index (χ1v) is 5.51. The van der Waals surface area contributed by atoms with E-state index in [0.717, 1.165) is 4.88 Å². The zero-order chi connectivity index (χ0) is 10.0. The maximum atomic E-state index is 11.8. The van der Waals surface area contributed by atoms with Crippen molar-refractivity contribution in [3.63, 3.8) is 0 Å². The van der Waals surface area contributed by atoms with Crippen LogP contribution >= 0.6 is 11.3 Å². The topological polar surface area (TPSA) is 52.3 Å². The summed E-state index contributed by atoms with van der Waals surface area (Å²) in [6.45, 7) is 0.976. The molecular formula is C10H13NO2S. The number of ether oxygens (including phenoxy) is 1. The number of thiophene rings is 1. The van der Waals surface area contributed by atoms with Gasteiger partial charge in [0, 0.05) is 17.9 Å². The lowest BCUT2D eigenvalue weighted by atomic mass is 9.92. The van der Waals surface area contributed by atoms with E-state index in [1.54, 1.807) is 11.3 Å². The predicted octanol–water partition coefficient (Wildman–Crippen LogP) is 0.977. The van der Waals surface area contributed by atoms with Crippen LogP contribution in [0.4, 0.5) is 0 Å². The minimum absolute atomic E-state index is 0.0949. The summed E-state index contributed by atoms with van der Waals surface area (Å²) in [5, 5.41) is 1.97. The molecule has 0 aromatic carbocycles. The molecule has 1 aromatic heterocycles. The van der Waals surface area contributed by atoms with Crippen molar-refractivity contribution in [1.29, 1.82) is 0 Å². The summed E-state index contributed by atoms with van der Waals surface area (Å²) in [4.78, 5) is 12.9. The second kappa shape index (κ2) is 3.81.